The molecule has 184 valence electrons. The van der Waals surface area contributed by atoms with E-state index >= 15 is 0 Å². The van der Waals surface area contributed by atoms with E-state index in [0.717, 1.165) is 16.7 Å². The number of rotatable bonds is 6. The fraction of sp³-hybridized carbons (Fsp3) is 0.222. The molecule has 0 spiro atoms. The lowest BCUT2D eigenvalue weighted by Crippen LogP contribution is -2.43. The van der Waals surface area contributed by atoms with Crippen LogP contribution in [0.3, 0.4) is 0 Å². The zero-order valence-corrected chi connectivity index (χ0v) is 21.2. The Hall–Kier alpha value is -3.55. The predicted octanol–water partition coefficient (Wildman–Crippen LogP) is 5.51. The average Bonchev–Trinajstić information content (AvgIpc) is 2.90. The quantitative estimate of drug-likeness (QED) is 0.332. The minimum absolute atomic E-state index is 0.177. The Morgan fingerprint density at radius 3 is 2.53 bits per heavy atom. The summed E-state index contributed by atoms with van der Waals surface area (Å²) < 4.78 is 17.0. The van der Waals surface area contributed by atoms with E-state index in [1.54, 1.807) is 26.4 Å². The van der Waals surface area contributed by atoms with Crippen molar-refractivity contribution in [1.29, 1.82) is 0 Å². The van der Waals surface area contributed by atoms with E-state index in [1.807, 2.05) is 47.4 Å². The van der Waals surface area contributed by atoms with Crippen LogP contribution in [0.25, 0.3) is 10.9 Å². The molecule has 3 aromatic carbocycles. The van der Waals surface area contributed by atoms with Gasteiger partial charge in [-0.3, -0.25) is 4.79 Å². The third-order valence-corrected chi connectivity index (χ3v) is 6.77. The number of carbonyl (C=O) groups excluding carboxylic acids is 1. The van der Waals surface area contributed by atoms with E-state index in [0.29, 0.717) is 45.4 Å². The van der Waals surface area contributed by atoms with Crippen molar-refractivity contribution in [2.45, 2.75) is 12.5 Å². The summed E-state index contributed by atoms with van der Waals surface area (Å²) in [6.45, 7) is 0.314. The highest BCUT2D eigenvalue weighted by atomic mass is 35.5. The summed E-state index contributed by atoms with van der Waals surface area (Å²) in [5.74, 6) is 1.35. The molecular weight excluding hydrogens is 501 g/mol. The first kappa shape index (κ1) is 24.2. The molecule has 0 radical (unpaired) electrons. The molecule has 2 heterocycles. The maximum absolute atomic E-state index is 13.6. The van der Waals surface area contributed by atoms with Gasteiger partial charge in [-0.2, -0.15) is 0 Å². The zero-order valence-electron chi connectivity index (χ0n) is 19.7. The maximum Gasteiger partial charge on any atom is 0.261 e. The van der Waals surface area contributed by atoms with Crippen molar-refractivity contribution in [3.63, 3.8) is 0 Å². The van der Waals surface area contributed by atoms with Gasteiger partial charge in [-0.15, -0.1) is 0 Å². The normalized spacial score (nSPS) is 14.9. The summed E-state index contributed by atoms with van der Waals surface area (Å²) in [4.78, 5) is 23.8. The Balaban J connectivity index is 1.48. The molecule has 5 rings (SSSR count). The highest BCUT2D eigenvalue weighted by Crippen LogP contribution is 2.41. The highest BCUT2D eigenvalue weighted by Gasteiger charge is 2.33. The third-order valence-electron chi connectivity index (χ3n) is 6.26. The number of methoxy groups -OCH3 is 2. The number of halogens is 2. The number of carbonyl (C=O) groups is 1. The number of fused-ring (bicyclic) bond motifs is 2. The van der Waals surface area contributed by atoms with E-state index in [9.17, 15) is 4.79 Å². The van der Waals surface area contributed by atoms with Gasteiger partial charge in [0.15, 0.2) is 18.1 Å². The van der Waals surface area contributed by atoms with Gasteiger partial charge in [-0.05, 0) is 47.4 Å². The number of benzene rings is 3. The van der Waals surface area contributed by atoms with Crippen molar-refractivity contribution in [2.24, 2.45) is 0 Å². The summed E-state index contributed by atoms with van der Waals surface area (Å²) in [6, 6.07) is 16.8. The second-order valence-electron chi connectivity index (χ2n) is 8.31. The number of hydrogen-bond donors (Lipinski definition) is 0. The van der Waals surface area contributed by atoms with Crippen molar-refractivity contribution >= 4 is 40.0 Å². The second-order valence-corrected chi connectivity index (χ2v) is 9.15. The molecule has 36 heavy (non-hydrogen) atoms. The van der Waals surface area contributed by atoms with Crippen LogP contribution in [0.4, 0.5) is 0 Å². The van der Waals surface area contributed by atoms with Crippen molar-refractivity contribution in [3.8, 4) is 17.4 Å². The predicted molar refractivity (Wildman–Crippen MR) is 138 cm³/mol. The van der Waals surface area contributed by atoms with Gasteiger partial charge in [0, 0.05) is 11.6 Å². The first-order valence-corrected chi connectivity index (χ1v) is 12.1. The number of amides is 1. The number of hydrogen-bond acceptors (Lipinski definition) is 6. The van der Waals surface area contributed by atoms with Gasteiger partial charge in [0.05, 0.1) is 36.2 Å². The molecule has 1 unspecified atom stereocenters. The molecule has 0 fully saturated rings. The lowest BCUT2D eigenvalue weighted by molar-refractivity contribution is -0.135. The summed E-state index contributed by atoms with van der Waals surface area (Å²) in [5.41, 5.74) is 3.60. The minimum Gasteiger partial charge on any atom is -0.493 e. The topological polar surface area (TPSA) is 73.8 Å². The molecule has 0 bridgehead atoms. The molecular formula is C27H23Cl2N3O4. The van der Waals surface area contributed by atoms with E-state index in [2.05, 4.69) is 9.97 Å². The molecule has 1 atom stereocenters. The van der Waals surface area contributed by atoms with Crippen LogP contribution in [0.1, 0.15) is 22.7 Å². The fourth-order valence-corrected chi connectivity index (χ4v) is 5.15. The first-order valence-electron chi connectivity index (χ1n) is 11.3. The van der Waals surface area contributed by atoms with E-state index in [1.165, 1.54) is 6.33 Å². The summed E-state index contributed by atoms with van der Waals surface area (Å²) in [5, 5.41) is 1.36. The van der Waals surface area contributed by atoms with Gasteiger partial charge in [-0.1, -0.05) is 53.5 Å². The zero-order chi connectivity index (χ0) is 25.2. The van der Waals surface area contributed by atoms with Crippen LogP contribution in [-0.4, -0.2) is 48.1 Å². The van der Waals surface area contributed by atoms with Crippen LogP contribution >= 0.6 is 23.2 Å². The van der Waals surface area contributed by atoms with Gasteiger partial charge in [-0.25, -0.2) is 9.97 Å². The number of nitrogens with zero attached hydrogens (tertiary/aromatic N) is 3. The lowest BCUT2D eigenvalue weighted by atomic mass is 9.87. The van der Waals surface area contributed by atoms with Crippen molar-refractivity contribution < 1.29 is 19.0 Å². The van der Waals surface area contributed by atoms with E-state index < -0.39 is 0 Å². The molecule has 1 amide bonds. The van der Waals surface area contributed by atoms with Gasteiger partial charge in [0.25, 0.3) is 5.91 Å². The molecule has 0 aliphatic carbocycles. The van der Waals surface area contributed by atoms with Crippen molar-refractivity contribution in [2.75, 3.05) is 27.4 Å². The average molecular weight is 524 g/mol. The Kier molecular flexibility index (Phi) is 6.85. The van der Waals surface area contributed by atoms with Crippen LogP contribution < -0.4 is 14.2 Å². The Bertz CT molecular complexity index is 1430. The monoisotopic (exact) mass is 523 g/mol. The number of ether oxygens (including phenoxy) is 3. The highest BCUT2D eigenvalue weighted by molar-refractivity contribution is 6.38. The maximum atomic E-state index is 13.6. The van der Waals surface area contributed by atoms with Crippen LogP contribution in [0.5, 0.6) is 17.4 Å². The Morgan fingerprint density at radius 2 is 1.78 bits per heavy atom. The van der Waals surface area contributed by atoms with Crippen LogP contribution in [0.2, 0.25) is 10.0 Å². The molecule has 0 saturated heterocycles. The van der Waals surface area contributed by atoms with Gasteiger partial charge < -0.3 is 19.1 Å². The van der Waals surface area contributed by atoms with Crippen LogP contribution in [0.15, 0.2) is 60.9 Å². The van der Waals surface area contributed by atoms with Crippen LogP contribution in [0, 0.1) is 0 Å². The number of aromatic nitrogens is 2. The van der Waals surface area contributed by atoms with Gasteiger partial charge >= 0.3 is 0 Å². The summed E-state index contributed by atoms with van der Waals surface area (Å²) >= 11 is 12.4. The summed E-state index contributed by atoms with van der Waals surface area (Å²) in [7, 11) is 3.22. The van der Waals surface area contributed by atoms with E-state index in [-0.39, 0.29) is 24.4 Å². The van der Waals surface area contributed by atoms with Crippen molar-refractivity contribution in [1.82, 2.24) is 14.9 Å². The standard InChI is InChI=1S/C27H23Cl2N3O4/c1-34-22-10-17-8-9-32(26(16-6-4-3-5-7-16)19(17)13-23(22)35-2)24(33)14-36-27-20-11-18(28)12-21(29)25(20)30-15-31-27/h3-7,10-13,15,26H,8-9,14H2,1-2H3. The van der Waals surface area contributed by atoms with Gasteiger partial charge in [0.1, 0.15) is 6.33 Å². The Labute approximate surface area is 218 Å². The molecule has 1 aliphatic rings. The van der Waals surface area contributed by atoms with Gasteiger partial charge in [0.2, 0.25) is 5.88 Å². The molecule has 9 heteroatoms. The fourth-order valence-electron chi connectivity index (χ4n) is 4.61. The third kappa shape index (κ3) is 4.52. The van der Waals surface area contributed by atoms with E-state index in [4.69, 9.17) is 37.4 Å². The van der Waals surface area contributed by atoms with Crippen molar-refractivity contribution in [3.05, 3.63) is 87.7 Å². The SMILES string of the molecule is COc1cc2c(cc1OC)C(c1ccccc1)N(C(=O)COc1ncnc3c(Cl)cc(Cl)cc13)CC2. The molecule has 1 aliphatic heterocycles. The lowest BCUT2D eigenvalue weighted by Gasteiger charge is -2.38. The molecule has 0 saturated carbocycles. The smallest absolute Gasteiger partial charge is 0.261 e. The first-order chi connectivity index (χ1) is 17.5. The summed E-state index contributed by atoms with van der Waals surface area (Å²) in [6.07, 6.45) is 2.03. The minimum atomic E-state index is -0.308. The largest absolute Gasteiger partial charge is 0.493 e. The molecule has 0 N–H and O–H groups in total. The Morgan fingerprint density at radius 1 is 1.03 bits per heavy atom. The molecule has 4 aromatic rings. The van der Waals surface area contributed by atoms with Crippen LogP contribution in [-0.2, 0) is 11.2 Å². The molecule has 7 nitrogen and oxygen atoms in total. The molecule has 1 aromatic heterocycles. The second kappa shape index (κ2) is 10.2.